The lowest BCUT2D eigenvalue weighted by Crippen LogP contribution is -2.36. The molecule has 3 heteroatoms. The fourth-order valence-electron chi connectivity index (χ4n) is 1.96. The Balaban J connectivity index is 2.59. The molecule has 1 nitrogen and oxygen atoms in total. The van der Waals surface area contributed by atoms with Crippen molar-refractivity contribution in [3.8, 4) is 0 Å². The molecule has 84 valence electrons. The zero-order chi connectivity index (χ0) is 11.8. The Kier molecular flexibility index (Phi) is 2.65. The SMILES string of the molecule is O=c1c2c(sc3ccccc13)=CCC=C(S)C=2. The first-order valence-corrected chi connectivity index (χ1v) is 6.65. The maximum atomic E-state index is 12.4. The summed E-state index contributed by atoms with van der Waals surface area (Å²) in [5, 5.41) is 1.57. The van der Waals surface area contributed by atoms with E-state index in [4.69, 9.17) is 0 Å². The van der Waals surface area contributed by atoms with Crippen LogP contribution in [0.5, 0.6) is 0 Å². The smallest absolute Gasteiger partial charge is 0.195 e. The average molecular weight is 258 g/mol. The van der Waals surface area contributed by atoms with Gasteiger partial charge in [-0.1, -0.05) is 24.3 Å². The van der Waals surface area contributed by atoms with Gasteiger partial charge in [-0.25, -0.2) is 0 Å². The molecule has 0 saturated carbocycles. The summed E-state index contributed by atoms with van der Waals surface area (Å²) in [6.07, 6.45) is 6.80. The van der Waals surface area contributed by atoms with Crippen molar-refractivity contribution in [2.24, 2.45) is 0 Å². The summed E-state index contributed by atoms with van der Waals surface area (Å²) in [6.45, 7) is 0. The van der Waals surface area contributed by atoms with Crippen LogP contribution < -0.4 is 15.2 Å². The van der Waals surface area contributed by atoms with E-state index in [1.807, 2.05) is 36.4 Å². The van der Waals surface area contributed by atoms with E-state index in [1.54, 1.807) is 11.3 Å². The standard InChI is InChI=1S/C14H10OS2/c15-14-10-5-1-2-6-12(10)17-13-7-3-4-9(16)8-11(13)14/h1-2,4-8,16H,3H2. The maximum Gasteiger partial charge on any atom is 0.195 e. The van der Waals surface area contributed by atoms with Crippen LogP contribution in [0.3, 0.4) is 0 Å². The van der Waals surface area contributed by atoms with E-state index in [-0.39, 0.29) is 5.43 Å². The average Bonchev–Trinajstić information content (AvgIpc) is 2.51. The zero-order valence-electron chi connectivity index (χ0n) is 9.01. The molecule has 1 aromatic heterocycles. The van der Waals surface area contributed by atoms with E-state index in [0.29, 0.717) is 0 Å². The van der Waals surface area contributed by atoms with Gasteiger partial charge in [0, 0.05) is 24.7 Å². The van der Waals surface area contributed by atoms with Gasteiger partial charge in [-0.05, 0) is 24.6 Å². The van der Waals surface area contributed by atoms with Gasteiger partial charge in [-0.2, -0.15) is 0 Å². The maximum absolute atomic E-state index is 12.4. The highest BCUT2D eigenvalue weighted by Gasteiger charge is 2.03. The third-order valence-corrected chi connectivity index (χ3v) is 4.28. The topological polar surface area (TPSA) is 17.1 Å². The number of fused-ring (bicyclic) bond motifs is 2. The minimum Gasteiger partial charge on any atom is -0.289 e. The molecular formula is C14H10OS2. The van der Waals surface area contributed by atoms with Gasteiger partial charge in [0.1, 0.15) is 0 Å². The van der Waals surface area contributed by atoms with E-state index in [9.17, 15) is 4.79 Å². The minimum atomic E-state index is 0.104. The van der Waals surface area contributed by atoms with Gasteiger partial charge >= 0.3 is 0 Å². The zero-order valence-corrected chi connectivity index (χ0v) is 10.7. The van der Waals surface area contributed by atoms with Gasteiger partial charge in [-0.3, -0.25) is 4.79 Å². The molecule has 0 fully saturated rings. The van der Waals surface area contributed by atoms with Crippen molar-refractivity contribution in [1.29, 1.82) is 0 Å². The van der Waals surface area contributed by atoms with Crippen molar-refractivity contribution >= 4 is 46.2 Å². The molecule has 0 aliphatic heterocycles. The van der Waals surface area contributed by atoms with Crippen LogP contribution >= 0.6 is 24.0 Å². The van der Waals surface area contributed by atoms with Crippen LogP contribution in [-0.4, -0.2) is 0 Å². The van der Waals surface area contributed by atoms with E-state index < -0.39 is 0 Å². The van der Waals surface area contributed by atoms with Crippen molar-refractivity contribution in [2.75, 3.05) is 0 Å². The largest absolute Gasteiger partial charge is 0.289 e. The highest BCUT2D eigenvalue weighted by atomic mass is 32.1. The summed E-state index contributed by atoms with van der Waals surface area (Å²) < 4.78 is 2.09. The van der Waals surface area contributed by atoms with Crippen LogP contribution in [0.25, 0.3) is 22.2 Å². The van der Waals surface area contributed by atoms with Crippen LogP contribution in [0.1, 0.15) is 6.42 Å². The van der Waals surface area contributed by atoms with Crippen LogP contribution in [0.2, 0.25) is 0 Å². The third-order valence-electron chi connectivity index (χ3n) is 2.78. The summed E-state index contributed by atoms with van der Waals surface area (Å²) in [4.78, 5) is 13.2. The van der Waals surface area contributed by atoms with E-state index in [1.165, 1.54) is 0 Å². The van der Waals surface area contributed by atoms with Gasteiger partial charge in [0.2, 0.25) is 0 Å². The van der Waals surface area contributed by atoms with Gasteiger partial charge < -0.3 is 0 Å². The summed E-state index contributed by atoms with van der Waals surface area (Å²) in [6, 6.07) is 7.75. The predicted molar refractivity (Wildman–Crippen MR) is 78.0 cm³/mol. The van der Waals surface area contributed by atoms with Crippen molar-refractivity contribution in [2.45, 2.75) is 6.42 Å². The second kappa shape index (κ2) is 4.17. The minimum absolute atomic E-state index is 0.104. The summed E-state index contributed by atoms with van der Waals surface area (Å²) in [5.74, 6) is 0. The Bertz CT molecular complexity index is 797. The molecule has 0 spiro atoms. The quantitative estimate of drug-likeness (QED) is 0.716. The molecule has 0 bridgehead atoms. The highest BCUT2D eigenvalue weighted by molar-refractivity contribution is 7.85. The Morgan fingerprint density at radius 2 is 2.00 bits per heavy atom. The Labute approximate surface area is 108 Å². The lowest BCUT2D eigenvalue weighted by Gasteiger charge is -1.96. The first-order chi connectivity index (χ1) is 8.25. The predicted octanol–water partition coefficient (Wildman–Crippen LogP) is 2.04. The molecule has 1 heterocycles. The molecule has 0 amide bonds. The molecule has 0 N–H and O–H groups in total. The van der Waals surface area contributed by atoms with E-state index in [0.717, 1.165) is 31.2 Å². The summed E-state index contributed by atoms with van der Waals surface area (Å²) in [7, 11) is 0. The van der Waals surface area contributed by atoms with Crippen molar-refractivity contribution in [1.82, 2.24) is 0 Å². The van der Waals surface area contributed by atoms with Crippen LogP contribution in [0.4, 0.5) is 0 Å². The lowest BCUT2D eigenvalue weighted by atomic mass is 10.2. The molecule has 3 rings (SSSR count). The monoisotopic (exact) mass is 258 g/mol. The van der Waals surface area contributed by atoms with Gasteiger partial charge in [-0.15, -0.1) is 24.0 Å². The number of rotatable bonds is 0. The van der Waals surface area contributed by atoms with Crippen LogP contribution in [0.15, 0.2) is 40.0 Å². The Hall–Kier alpha value is -1.32. The van der Waals surface area contributed by atoms with E-state index >= 15 is 0 Å². The van der Waals surface area contributed by atoms with Crippen LogP contribution in [0, 0.1) is 0 Å². The molecule has 2 aromatic rings. The molecule has 1 aliphatic carbocycles. The number of hydrogen-bond acceptors (Lipinski definition) is 3. The van der Waals surface area contributed by atoms with Crippen molar-refractivity contribution < 1.29 is 0 Å². The molecule has 0 atom stereocenters. The normalized spacial score (nSPS) is 14.3. The molecular weight excluding hydrogens is 248 g/mol. The van der Waals surface area contributed by atoms with E-state index in [2.05, 4.69) is 18.7 Å². The molecule has 17 heavy (non-hydrogen) atoms. The van der Waals surface area contributed by atoms with Gasteiger partial charge in [0.15, 0.2) is 5.43 Å². The number of hydrogen-bond donors (Lipinski definition) is 1. The third kappa shape index (κ3) is 1.85. The Morgan fingerprint density at radius 1 is 1.18 bits per heavy atom. The van der Waals surface area contributed by atoms with Crippen molar-refractivity contribution in [3.05, 3.63) is 55.2 Å². The second-order valence-electron chi connectivity index (χ2n) is 3.92. The summed E-state index contributed by atoms with van der Waals surface area (Å²) in [5.41, 5.74) is 0.104. The fraction of sp³-hybridized carbons (Fsp3) is 0.0714. The fourth-order valence-corrected chi connectivity index (χ4v) is 3.29. The van der Waals surface area contributed by atoms with Gasteiger partial charge in [0.05, 0.1) is 0 Å². The molecule has 1 aromatic carbocycles. The first-order valence-electron chi connectivity index (χ1n) is 5.38. The number of benzene rings is 1. The van der Waals surface area contributed by atoms with Gasteiger partial charge in [0.25, 0.3) is 0 Å². The molecule has 1 aliphatic rings. The second-order valence-corrected chi connectivity index (χ2v) is 5.52. The lowest BCUT2D eigenvalue weighted by molar-refractivity contribution is 1.48. The highest BCUT2D eigenvalue weighted by Crippen LogP contribution is 2.11. The number of thiol groups is 1. The summed E-state index contributed by atoms with van der Waals surface area (Å²) >= 11 is 6.01. The van der Waals surface area contributed by atoms with Crippen molar-refractivity contribution in [3.63, 3.8) is 0 Å². The number of allylic oxidation sites excluding steroid dienone is 2. The molecule has 0 saturated heterocycles. The molecule has 0 unspecified atom stereocenters. The first kappa shape index (κ1) is 10.8. The Morgan fingerprint density at radius 3 is 2.88 bits per heavy atom. The molecule has 0 radical (unpaired) electrons. The van der Waals surface area contributed by atoms with Crippen LogP contribution in [-0.2, 0) is 0 Å².